The zero-order valence-electron chi connectivity index (χ0n) is 12.0. The van der Waals surface area contributed by atoms with Crippen LogP contribution in [0.1, 0.15) is 12.0 Å². The second-order valence-corrected chi connectivity index (χ2v) is 7.68. The number of sulfone groups is 1. The van der Waals surface area contributed by atoms with Crippen molar-refractivity contribution in [2.75, 3.05) is 25.6 Å². The number of aliphatic imine (C=N–C) groups is 1. The minimum absolute atomic E-state index is 0.153. The van der Waals surface area contributed by atoms with Crippen LogP contribution in [0, 0.1) is 0 Å². The fourth-order valence-electron chi connectivity index (χ4n) is 1.61. The lowest BCUT2D eigenvalue weighted by atomic mass is 10.2. The lowest BCUT2D eigenvalue weighted by Gasteiger charge is -2.12. The minimum atomic E-state index is -2.92. The van der Waals surface area contributed by atoms with Crippen molar-refractivity contribution in [1.82, 2.24) is 10.6 Å². The normalized spacial score (nSPS) is 12.3. The molecule has 8 heteroatoms. The monoisotopic (exact) mass is 351 g/mol. The molecule has 0 atom stereocenters. The summed E-state index contributed by atoms with van der Waals surface area (Å²) in [4.78, 5) is 4.06. The minimum Gasteiger partial charge on any atom is -0.356 e. The van der Waals surface area contributed by atoms with Crippen LogP contribution in [0.2, 0.25) is 10.0 Å². The molecule has 0 aliphatic heterocycles. The molecule has 0 saturated carbocycles. The van der Waals surface area contributed by atoms with Crippen molar-refractivity contribution in [2.24, 2.45) is 4.99 Å². The average molecular weight is 352 g/mol. The van der Waals surface area contributed by atoms with Crippen molar-refractivity contribution < 1.29 is 8.42 Å². The van der Waals surface area contributed by atoms with E-state index in [1.807, 2.05) is 6.07 Å². The summed E-state index contributed by atoms with van der Waals surface area (Å²) in [7, 11) is -1.28. The summed E-state index contributed by atoms with van der Waals surface area (Å²) in [5, 5.41) is 7.33. The standard InChI is InChI=1S/C13H19Cl2N3O2S/c1-16-13(17-6-3-7-21(2,19)20)18-9-10-4-5-11(14)8-12(10)15/h4-5,8H,3,6-7,9H2,1-2H3,(H2,16,17,18). The molecule has 2 N–H and O–H groups in total. The molecule has 21 heavy (non-hydrogen) atoms. The predicted octanol–water partition coefficient (Wildman–Crippen LogP) is 2.09. The summed E-state index contributed by atoms with van der Waals surface area (Å²) < 4.78 is 22.0. The molecule has 5 nitrogen and oxygen atoms in total. The first-order valence-corrected chi connectivity index (χ1v) is 9.19. The first kappa shape index (κ1) is 18.1. The summed E-state index contributed by atoms with van der Waals surface area (Å²) in [5.41, 5.74) is 0.903. The molecule has 0 unspecified atom stereocenters. The molecule has 0 aliphatic carbocycles. The molecular weight excluding hydrogens is 333 g/mol. The second kappa shape index (κ2) is 8.46. The van der Waals surface area contributed by atoms with Crippen molar-refractivity contribution in [3.8, 4) is 0 Å². The van der Waals surface area contributed by atoms with E-state index in [0.717, 1.165) is 5.56 Å². The first-order valence-electron chi connectivity index (χ1n) is 6.38. The highest BCUT2D eigenvalue weighted by atomic mass is 35.5. The summed E-state index contributed by atoms with van der Waals surface area (Å²) in [6.07, 6.45) is 1.75. The Balaban J connectivity index is 2.41. The Morgan fingerprint density at radius 2 is 2.00 bits per heavy atom. The number of nitrogens with zero attached hydrogens (tertiary/aromatic N) is 1. The molecule has 1 aromatic carbocycles. The van der Waals surface area contributed by atoms with Crippen LogP contribution in [0.5, 0.6) is 0 Å². The smallest absolute Gasteiger partial charge is 0.191 e. The summed E-state index contributed by atoms with van der Waals surface area (Å²) in [6.45, 7) is 1.03. The van der Waals surface area contributed by atoms with E-state index in [4.69, 9.17) is 23.2 Å². The van der Waals surface area contributed by atoms with Crippen LogP contribution in [0.25, 0.3) is 0 Å². The Hall–Kier alpha value is -0.980. The number of halogens is 2. The van der Waals surface area contributed by atoms with E-state index >= 15 is 0 Å². The van der Waals surface area contributed by atoms with Gasteiger partial charge in [0, 0.05) is 36.4 Å². The molecule has 0 fully saturated rings. The molecule has 0 amide bonds. The van der Waals surface area contributed by atoms with Gasteiger partial charge in [-0.3, -0.25) is 4.99 Å². The van der Waals surface area contributed by atoms with Gasteiger partial charge in [0.1, 0.15) is 9.84 Å². The van der Waals surface area contributed by atoms with Crippen molar-refractivity contribution in [1.29, 1.82) is 0 Å². The Morgan fingerprint density at radius 1 is 1.29 bits per heavy atom. The van der Waals surface area contributed by atoms with Crippen LogP contribution in [-0.2, 0) is 16.4 Å². The maximum Gasteiger partial charge on any atom is 0.191 e. The molecule has 0 saturated heterocycles. The van der Waals surface area contributed by atoms with Crippen molar-refractivity contribution >= 4 is 39.0 Å². The molecular formula is C13H19Cl2N3O2S. The third kappa shape index (κ3) is 7.55. The van der Waals surface area contributed by atoms with E-state index in [1.54, 1.807) is 19.2 Å². The van der Waals surface area contributed by atoms with Crippen LogP contribution in [0.3, 0.4) is 0 Å². The molecule has 118 valence electrons. The van der Waals surface area contributed by atoms with Gasteiger partial charge in [0.25, 0.3) is 0 Å². The van der Waals surface area contributed by atoms with E-state index in [9.17, 15) is 8.42 Å². The number of rotatable bonds is 6. The fraction of sp³-hybridized carbons (Fsp3) is 0.462. The zero-order valence-corrected chi connectivity index (χ0v) is 14.3. The molecule has 0 radical (unpaired) electrons. The third-order valence-corrected chi connectivity index (χ3v) is 4.29. The zero-order chi connectivity index (χ0) is 15.9. The molecule has 1 rings (SSSR count). The van der Waals surface area contributed by atoms with Gasteiger partial charge in [-0.15, -0.1) is 0 Å². The maximum atomic E-state index is 11.0. The maximum absolute atomic E-state index is 11.0. The Labute approximate surface area is 135 Å². The molecule has 0 bridgehead atoms. The van der Waals surface area contributed by atoms with Gasteiger partial charge in [-0.25, -0.2) is 8.42 Å². The molecule has 0 aliphatic rings. The van der Waals surface area contributed by atoms with Crippen LogP contribution < -0.4 is 10.6 Å². The van der Waals surface area contributed by atoms with Crippen LogP contribution in [-0.4, -0.2) is 40.0 Å². The fourth-order valence-corrected chi connectivity index (χ4v) is 2.75. The van der Waals surface area contributed by atoms with Gasteiger partial charge in [-0.2, -0.15) is 0 Å². The lowest BCUT2D eigenvalue weighted by molar-refractivity contribution is 0.598. The molecule has 0 spiro atoms. The van der Waals surface area contributed by atoms with Crippen molar-refractivity contribution in [2.45, 2.75) is 13.0 Å². The van der Waals surface area contributed by atoms with E-state index in [-0.39, 0.29) is 5.75 Å². The van der Waals surface area contributed by atoms with E-state index < -0.39 is 9.84 Å². The van der Waals surface area contributed by atoms with Gasteiger partial charge in [0.2, 0.25) is 0 Å². The van der Waals surface area contributed by atoms with Crippen LogP contribution in [0.4, 0.5) is 0 Å². The van der Waals surface area contributed by atoms with Crippen LogP contribution in [0.15, 0.2) is 23.2 Å². The number of guanidine groups is 1. The van der Waals surface area contributed by atoms with Gasteiger partial charge in [0.05, 0.1) is 5.75 Å². The summed E-state index contributed by atoms with van der Waals surface area (Å²) >= 11 is 11.9. The molecule has 1 aromatic rings. The average Bonchev–Trinajstić information content (AvgIpc) is 2.38. The summed E-state index contributed by atoms with van der Waals surface area (Å²) in [5.74, 6) is 0.745. The van der Waals surface area contributed by atoms with E-state index in [1.165, 1.54) is 6.26 Å². The number of hydrogen-bond donors (Lipinski definition) is 2. The van der Waals surface area contributed by atoms with Crippen molar-refractivity contribution in [3.05, 3.63) is 33.8 Å². The number of hydrogen-bond acceptors (Lipinski definition) is 3. The SMILES string of the molecule is CN=C(NCCCS(C)(=O)=O)NCc1ccc(Cl)cc1Cl. The van der Waals surface area contributed by atoms with E-state index in [0.29, 0.717) is 35.5 Å². The van der Waals surface area contributed by atoms with Gasteiger partial charge >= 0.3 is 0 Å². The topological polar surface area (TPSA) is 70.6 Å². The predicted molar refractivity (Wildman–Crippen MR) is 89.0 cm³/mol. The van der Waals surface area contributed by atoms with Gasteiger partial charge in [-0.05, 0) is 24.1 Å². The van der Waals surface area contributed by atoms with E-state index in [2.05, 4.69) is 15.6 Å². The summed E-state index contributed by atoms with van der Waals surface area (Å²) in [6, 6.07) is 5.30. The third-order valence-electron chi connectivity index (χ3n) is 2.67. The number of benzene rings is 1. The van der Waals surface area contributed by atoms with Gasteiger partial charge in [0.15, 0.2) is 5.96 Å². The second-order valence-electron chi connectivity index (χ2n) is 4.57. The van der Waals surface area contributed by atoms with Crippen molar-refractivity contribution in [3.63, 3.8) is 0 Å². The largest absolute Gasteiger partial charge is 0.356 e. The quantitative estimate of drug-likeness (QED) is 0.467. The highest BCUT2D eigenvalue weighted by molar-refractivity contribution is 7.90. The Kier molecular flexibility index (Phi) is 7.28. The highest BCUT2D eigenvalue weighted by Gasteiger charge is 2.04. The highest BCUT2D eigenvalue weighted by Crippen LogP contribution is 2.20. The number of nitrogens with one attached hydrogen (secondary N) is 2. The Morgan fingerprint density at radius 3 is 2.57 bits per heavy atom. The van der Waals surface area contributed by atoms with Gasteiger partial charge < -0.3 is 10.6 Å². The Bertz CT molecular complexity index is 603. The first-order chi connectivity index (χ1) is 9.81. The lowest BCUT2D eigenvalue weighted by Crippen LogP contribution is -2.37. The van der Waals surface area contributed by atoms with Crippen LogP contribution >= 0.6 is 23.2 Å². The molecule has 0 heterocycles. The molecule has 0 aromatic heterocycles. The van der Waals surface area contributed by atoms with Gasteiger partial charge in [-0.1, -0.05) is 29.3 Å².